The van der Waals surface area contributed by atoms with Crippen molar-refractivity contribution in [3.05, 3.63) is 29.8 Å². The van der Waals surface area contributed by atoms with Crippen molar-refractivity contribution >= 4 is 11.6 Å². The highest BCUT2D eigenvalue weighted by molar-refractivity contribution is 5.76. The molecule has 0 fully saturated rings. The van der Waals surface area contributed by atoms with Gasteiger partial charge in [-0.2, -0.15) is 0 Å². The molecular formula is C16H26N2O2. The van der Waals surface area contributed by atoms with Gasteiger partial charge in [0, 0.05) is 18.7 Å². The van der Waals surface area contributed by atoms with Crippen LogP contribution in [-0.4, -0.2) is 17.6 Å². The van der Waals surface area contributed by atoms with Crippen molar-refractivity contribution < 1.29 is 9.90 Å². The number of hydrogen-bond donors (Lipinski definition) is 3. The lowest BCUT2D eigenvalue weighted by Crippen LogP contribution is -2.32. The van der Waals surface area contributed by atoms with Crippen LogP contribution in [0.15, 0.2) is 24.3 Å². The van der Waals surface area contributed by atoms with Gasteiger partial charge >= 0.3 is 0 Å². The Labute approximate surface area is 121 Å². The third kappa shape index (κ3) is 5.21. The van der Waals surface area contributed by atoms with Crippen LogP contribution in [0, 0.1) is 11.3 Å². The highest BCUT2D eigenvalue weighted by Crippen LogP contribution is 2.27. The summed E-state index contributed by atoms with van der Waals surface area (Å²) in [6.07, 6.45) is -0.234. The van der Waals surface area contributed by atoms with E-state index < -0.39 is 6.10 Å². The Morgan fingerprint density at radius 1 is 1.30 bits per heavy atom. The van der Waals surface area contributed by atoms with E-state index in [-0.39, 0.29) is 23.8 Å². The van der Waals surface area contributed by atoms with E-state index >= 15 is 0 Å². The average molecular weight is 278 g/mol. The molecule has 0 saturated carbocycles. The summed E-state index contributed by atoms with van der Waals surface area (Å²) >= 11 is 0. The summed E-state index contributed by atoms with van der Waals surface area (Å²) in [6.45, 7) is 8.64. The minimum absolute atomic E-state index is 0.0260. The zero-order valence-corrected chi connectivity index (χ0v) is 12.8. The van der Waals surface area contributed by atoms with Crippen molar-refractivity contribution in [2.45, 2.75) is 40.2 Å². The number of aliphatic hydroxyl groups excluding tert-OH is 1. The molecule has 0 saturated heterocycles. The van der Waals surface area contributed by atoms with E-state index in [2.05, 4.69) is 33.0 Å². The van der Waals surface area contributed by atoms with Crippen molar-refractivity contribution in [1.29, 1.82) is 0 Å². The van der Waals surface area contributed by atoms with Crippen LogP contribution in [0.25, 0.3) is 0 Å². The standard InChI is InChI=1S/C16H26N2O2/c1-11(16(2,3)4)9-15(20)18-10-14(19)12-5-7-13(17)8-6-12/h5-8,11,14,19H,9-10,17H2,1-4H3,(H,18,20). The van der Waals surface area contributed by atoms with Crippen LogP contribution in [0.3, 0.4) is 0 Å². The van der Waals surface area contributed by atoms with Crippen molar-refractivity contribution in [3.8, 4) is 0 Å². The number of nitrogens with two attached hydrogens (primary N) is 1. The van der Waals surface area contributed by atoms with Gasteiger partial charge in [-0.25, -0.2) is 0 Å². The molecule has 1 aromatic rings. The zero-order chi connectivity index (χ0) is 15.3. The molecule has 2 unspecified atom stereocenters. The van der Waals surface area contributed by atoms with Gasteiger partial charge in [0.2, 0.25) is 5.91 Å². The van der Waals surface area contributed by atoms with E-state index in [0.717, 1.165) is 5.56 Å². The molecule has 112 valence electrons. The van der Waals surface area contributed by atoms with Gasteiger partial charge in [0.05, 0.1) is 6.10 Å². The van der Waals surface area contributed by atoms with Crippen molar-refractivity contribution in [3.63, 3.8) is 0 Å². The van der Waals surface area contributed by atoms with Crippen LogP contribution in [0.5, 0.6) is 0 Å². The minimum Gasteiger partial charge on any atom is -0.399 e. The maximum atomic E-state index is 11.8. The molecule has 0 aromatic heterocycles. The molecule has 4 N–H and O–H groups in total. The lowest BCUT2D eigenvalue weighted by molar-refractivity contribution is -0.123. The molecule has 1 amide bonds. The molecule has 0 aliphatic heterocycles. The summed E-state index contributed by atoms with van der Waals surface area (Å²) in [5.74, 6) is 0.262. The highest BCUT2D eigenvalue weighted by Gasteiger charge is 2.22. The van der Waals surface area contributed by atoms with Crippen LogP contribution < -0.4 is 11.1 Å². The van der Waals surface area contributed by atoms with Gasteiger partial charge in [-0.3, -0.25) is 4.79 Å². The minimum atomic E-state index is -0.704. The molecule has 0 radical (unpaired) electrons. The molecule has 1 aromatic carbocycles. The normalized spacial score (nSPS) is 14.7. The molecule has 0 spiro atoms. The van der Waals surface area contributed by atoms with E-state index in [1.54, 1.807) is 24.3 Å². The highest BCUT2D eigenvalue weighted by atomic mass is 16.3. The largest absolute Gasteiger partial charge is 0.399 e. The van der Waals surface area contributed by atoms with E-state index in [0.29, 0.717) is 12.1 Å². The summed E-state index contributed by atoms with van der Waals surface area (Å²) in [5, 5.41) is 12.8. The number of amides is 1. The Bertz CT molecular complexity index is 435. The van der Waals surface area contributed by atoms with Crippen molar-refractivity contribution in [1.82, 2.24) is 5.32 Å². The molecule has 4 nitrogen and oxygen atoms in total. The first-order chi connectivity index (χ1) is 9.20. The summed E-state index contributed by atoms with van der Waals surface area (Å²) in [5.41, 5.74) is 7.11. The quantitative estimate of drug-likeness (QED) is 0.724. The van der Waals surface area contributed by atoms with Gasteiger partial charge < -0.3 is 16.2 Å². The smallest absolute Gasteiger partial charge is 0.220 e. The van der Waals surface area contributed by atoms with Crippen LogP contribution in [-0.2, 0) is 4.79 Å². The molecule has 4 heteroatoms. The molecule has 1 rings (SSSR count). The van der Waals surface area contributed by atoms with Gasteiger partial charge in [-0.1, -0.05) is 39.8 Å². The summed E-state index contributed by atoms with van der Waals surface area (Å²) < 4.78 is 0. The molecule has 0 aliphatic rings. The first-order valence-corrected chi connectivity index (χ1v) is 7.00. The number of aliphatic hydroxyl groups is 1. The Morgan fingerprint density at radius 2 is 1.85 bits per heavy atom. The lowest BCUT2D eigenvalue weighted by Gasteiger charge is -2.26. The SMILES string of the molecule is CC(CC(=O)NCC(O)c1ccc(N)cc1)C(C)(C)C. The first-order valence-electron chi connectivity index (χ1n) is 7.00. The molecule has 2 atom stereocenters. The molecule has 0 heterocycles. The number of carbonyl (C=O) groups excluding carboxylic acids is 1. The van der Waals surface area contributed by atoms with E-state index in [1.165, 1.54) is 0 Å². The van der Waals surface area contributed by atoms with Gasteiger partial charge in [0.1, 0.15) is 0 Å². The number of nitrogen functional groups attached to an aromatic ring is 1. The fraction of sp³-hybridized carbons (Fsp3) is 0.562. The first kappa shape index (κ1) is 16.5. The topological polar surface area (TPSA) is 75.3 Å². The second-order valence-corrected chi connectivity index (χ2v) is 6.46. The fourth-order valence-electron chi connectivity index (χ4n) is 1.70. The summed E-state index contributed by atoms with van der Waals surface area (Å²) in [4.78, 5) is 11.8. The average Bonchev–Trinajstić information content (AvgIpc) is 2.35. The number of rotatable bonds is 5. The van der Waals surface area contributed by atoms with E-state index in [9.17, 15) is 9.90 Å². The van der Waals surface area contributed by atoms with E-state index in [1.807, 2.05) is 0 Å². The zero-order valence-electron chi connectivity index (χ0n) is 12.8. The Balaban J connectivity index is 2.43. The Morgan fingerprint density at radius 3 is 2.35 bits per heavy atom. The third-order valence-electron chi connectivity index (χ3n) is 3.78. The van der Waals surface area contributed by atoms with Crippen molar-refractivity contribution in [2.75, 3.05) is 12.3 Å². The second-order valence-electron chi connectivity index (χ2n) is 6.46. The predicted molar refractivity (Wildman–Crippen MR) is 82.1 cm³/mol. The number of hydrogen-bond acceptors (Lipinski definition) is 3. The Kier molecular flexibility index (Phi) is 5.57. The molecule has 0 aliphatic carbocycles. The van der Waals surface area contributed by atoms with Gasteiger partial charge in [0.25, 0.3) is 0 Å². The maximum absolute atomic E-state index is 11.8. The fourth-order valence-corrected chi connectivity index (χ4v) is 1.70. The van der Waals surface area contributed by atoms with Crippen LogP contribution in [0.1, 0.15) is 45.8 Å². The molecule has 0 bridgehead atoms. The molecular weight excluding hydrogens is 252 g/mol. The van der Waals surface area contributed by atoms with E-state index in [4.69, 9.17) is 5.73 Å². The maximum Gasteiger partial charge on any atom is 0.220 e. The number of nitrogens with one attached hydrogen (secondary N) is 1. The summed E-state index contributed by atoms with van der Waals surface area (Å²) in [7, 11) is 0. The predicted octanol–water partition coefficient (Wildman–Crippen LogP) is 2.49. The number of carbonyl (C=O) groups is 1. The van der Waals surface area contributed by atoms with Gasteiger partial charge in [0.15, 0.2) is 0 Å². The lowest BCUT2D eigenvalue weighted by atomic mass is 9.80. The molecule has 20 heavy (non-hydrogen) atoms. The van der Waals surface area contributed by atoms with Crippen LogP contribution in [0.4, 0.5) is 5.69 Å². The number of benzene rings is 1. The van der Waals surface area contributed by atoms with Gasteiger partial charge in [-0.05, 0) is 29.0 Å². The van der Waals surface area contributed by atoms with Gasteiger partial charge in [-0.15, -0.1) is 0 Å². The number of anilines is 1. The van der Waals surface area contributed by atoms with Crippen molar-refractivity contribution in [2.24, 2.45) is 11.3 Å². The second kappa shape index (κ2) is 6.75. The third-order valence-corrected chi connectivity index (χ3v) is 3.78. The monoisotopic (exact) mass is 278 g/mol. The Hall–Kier alpha value is -1.55. The summed E-state index contributed by atoms with van der Waals surface area (Å²) in [6, 6.07) is 7.01. The van der Waals surface area contributed by atoms with Crippen LogP contribution in [0.2, 0.25) is 0 Å². The van der Waals surface area contributed by atoms with Crippen LogP contribution >= 0.6 is 0 Å².